The molecule has 1 amide bonds. The van der Waals surface area contributed by atoms with Crippen LogP contribution >= 0.6 is 0 Å². The summed E-state index contributed by atoms with van der Waals surface area (Å²) in [7, 11) is 0. The standard InChI is InChI=1S/C42H85NO5/c1-3-5-7-9-11-13-14-15-16-17-18-19-20-21-22-23-24-25-26-28-30-32-34-36-40(46)42(48)43-38(37-44)41(47)39(45)35-33-31-29-27-12-10-8-6-4-2/h38-41,44-47H,3-37H2,1-2H3,(H,43,48). The van der Waals surface area contributed by atoms with Crippen molar-refractivity contribution in [3.63, 3.8) is 0 Å². The second kappa shape index (κ2) is 37.6. The van der Waals surface area contributed by atoms with E-state index in [1.165, 1.54) is 167 Å². The van der Waals surface area contributed by atoms with Crippen LogP contribution in [0.5, 0.6) is 0 Å². The molecule has 5 N–H and O–H groups in total. The highest BCUT2D eigenvalue weighted by atomic mass is 16.3. The van der Waals surface area contributed by atoms with Gasteiger partial charge in [-0.05, 0) is 12.8 Å². The zero-order valence-electron chi connectivity index (χ0n) is 32.3. The Hall–Kier alpha value is -0.690. The lowest BCUT2D eigenvalue weighted by Gasteiger charge is -2.27. The minimum Gasteiger partial charge on any atom is -0.394 e. The number of hydrogen-bond acceptors (Lipinski definition) is 5. The Morgan fingerprint density at radius 1 is 0.438 bits per heavy atom. The number of unbranched alkanes of at least 4 members (excludes halogenated alkanes) is 30. The number of aliphatic hydroxyl groups excluding tert-OH is 4. The summed E-state index contributed by atoms with van der Waals surface area (Å²) in [5.74, 6) is -0.581. The molecule has 0 heterocycles. The topological polar surface area (TPSA) is 110 Å². The van der Waals surface area contributed by atoms with E-state index in [0.29, 0.717) is 12.8 Å². The normalized spacial score (nSPS) is 14.2. The molecule has 4 atom stereocenters. The zero-order valence-corrected chi connectivity index (χ0v) is 32.3. The van der Waals surface area contributed by atoms with Crippen molar-refractivity contribution < 1.29 is 25.2 Å². The molecule has 0 fully saturated rings. The molecular formula is C42H85NO5. The highest BCUT2D eigenvalue weighted by Gasteiger charge is 2.28. The minimum atomic E-state index is -1.25. The maximum absolute atomic E-state index is 12.5. The molecule has 0 rings (SSSR count). The van der Waals surface area contributed by atoms with Gasteiger partial charge in [-0.15, -0.1) is 0 Å². The lowest BCUT2D eigenvalue weighted by Crippen LogP contribution is -2.53. The number of aliphatic hydroxyl groups is 4. The third-order valence-corrected chi connectivity index (χ3v) is 10.3. The highest BCUT2D eigenvalue weighted by Crippen LogP contribution is 2.17. The second-order valence-corrected chi connectivity index (χ2v) is 15.1. The molecule has 0 radical (unpaired) electrons. The van der Waals surface area contributed by atoms with Crippen molar-refractivity contribution in [1.82, 2.24) is 5.32 Å². The first-order valence-electron chi connectivity index (χ1n) is 21.4. The van der Waals surface area contributed by atoms with E-state index in [1.54, 1.807) is 0 Å². The van der Waals surface area contributed by atoms with Gasteiger partial charge in [-0.3, -0.25) is 4.79 Å². The van der Waals surface area contributed by atoms with Crippen molar-refractivity contribution in [3.8, 4) is 0 Å². The van der Waals surface area contributed by atoms with Gasteiger partial charge in [-0.2, -0.15) is 0 Å². The number of carbonyl (C=O) groups is 1. The van der Waals surface area contributed by atoms with Gasteiger partial charge in [0.2, 0.25) is 5.91 Å². The van der Waals surface area contributed by atoms with E-state index < -0.39 is 36.9 Å². The smallest absolute Gasteiger partial charge is 0.249 e. The van der Waals surface area contributed by atoms with Crippen LogP contribution in [0, 0.1) is 0 Å². The van der Waals surface area contributed by atoms with E-state index >= 15 is 0 Å². The fourth-order valence-electron chi connectivity index (χ4n) is 6.88. The quantitative estimate of drug-likeness (QED) is 0.0414. The lowest BCUT2D eigenvalue weighted by atomic mass is 9.99. The number of nitrogens with one attached hydrogen (secondary N) is 1. The van der Waals surface area contributed by atoms with Crippen molar-refractivity contribution in [3.05, 3.63) is 0 Å². The van der Waals surface area contributed by atoms with Crippen molar-refractivity contribution in [1.29, 1.82) is 0 Å². The Bertz CT molecular complexity index is 648. The Labute approximate surface area is 299 Å². The largest absolute Gasteiger partial charge is 0.394 e. The lowest BCUT2D eigenvalue weighted by molar-refractivity contribution is -0.132. The zero-order chi connectivity index (χ0) is 35.3. The molecule has 0 saturated heterocycles. The van der Waals surface area contributed by atoms with Gasteiger partial charge >= 0.3 is 0 Å². The summed E-state index contributed by atoms with van der Waals surface area (Å²) < 4.78 is 0. The molecule has 0 saturated carbocycles. The summed E-state index contributed by atoms with van der Waals surface area (Å²) in [6, 6.07) is -0.977. The van der Waals surface area contributed by atoms with Crippen LogP contribution in [-0.2, 0) is 4.79 Å². The molecule has 0 bridgehead atoms. The third kappa shape index (κ3) is 31.3. The van der Waals surface area contributed by atoms with Crippen LogP contribution < -0.4 is 5.32 Å². The number of hydrogen-bond donors (Lipinski definition) is 5. The van der Waals surface area contributed by atoms with E-state index in [-0.39, 0.29) is 0 Å². The average molecular weight is 684 g/mol. The first-order chi connectivity index (χ1) is 23.5. The van der Waals surface area contributed by atoms with Crippen LogP contribution in [0.25, 0.3) is 0 Å². The van der Waals surface area contributed by atoms with Gasteiger partial charge in [-0.1, -0.05) is 219 Å². The second-order valence-electron chi connectivity index (χ2n) is 15.1. The van der Waals surface area contributed by atoms with Gasteiger partial charge in [0.1, 0.15) is 12.2 Å². The van der Waals surface area contributed by atoms with Gasteiger partial charge < -0.3 is 25.7 Å². The van der Waals surface area contributed by atoms with Gasteiger partial charge in [0, 0.05) is 0 Å². The molecule has 0 spiro atoms. The fourth-order valence-corrected chi connectivity index (χ4v) is 6.88. The summed E-state index contributed by atoms with van der Waals surface area (Å²) in [4.78, 5) is 12.5. The highest BCUT2D eigenvalue weighted by molar-refractivity contribution is 5.80. The van der Waals surface area contributed by atoms with Crippen LogP contribution in [-0.4, -0.2) is 57.3 Å². The van der Waals surface area contributed by atoms with E-state index in [4.69, 9.17) is 0 Å². The average Bonchev–Trinajstić information content (AvgIpc) is 3.09. The Balaban J connectivity index is 3.61. The third-order valence-electron chi connectivity index (χ3n) is 10.3. The van der Waals surface area contributed by atoms with Gasteiger partial charge in [0.25, 0.3) is 0 Å². The van der Waals surface area contributed by atoms with Crippen LogP contribution in [0.2, 0.25) is 0 Å². The van der Waals surface area contributed by atoms with Crippen molar-refractivity contribution in [2.75, 3.05) is 6.61 Å². The van der Waals surface area contributed by atoms with Crippen LogP contribution in [0.1, 0.15) is 232 Å². The summed E-state index contributed by atoms with van der Waals surface area (Å²) in [6.07, 6.45) is 38.6. The summed E-state index contributed by atoms with van der Waals surface area (Å²) in [5, 5.41) is 43.4. The summed E-state index contributed by atoms with van der Waals surface area (Å²) in [5.41, 5.74) is 0. The minimum absolute atomic E-state index is 0.375. The predicted molar refractivity (Wildman–Crippen MR) is 205 cm³/mol. The van der Waals surface area contributed by atoms with Gasteiger partial charge in [-0.25, -0.2) is 0 Å². The van der Waals surface area contributed by atoms with E-state index in [0.717, 1.165) is 38.5 Å². The number of rotatable bonds is 39. The Morgan fingerprint density at radius 2 is 0.708 bits per heavy atom. The van der Waals surface area contributed by atoms with Gasteiger partial charge in [0.05, 0.1) is 18.8 Å². The molecule has 0 aliphatic heterocycles. The monoisotopic (exact) mass is 684 g/mol. The van der Waals surface area contributed by atoms with Crippen LogP contribution in [0.4, 0.5) is 0 Å². The number of amides is 1. The maximum Gasteiger partial charge on any atom is 0.249 e. The Kier molecular flexibility index (Phi) is 37.0. The van der Waals surface area contributed by atoms with Crippen molar-refractivity contribution in [2.45, 2.75) is 257 Å². The first-order valence-corrected chi connectivity index (χ1v) is 21.4. The molecule has 6 heteroatoms. The molecule has 6 nitrogen and oxygen atoms in total. The molecule has 48 heavy (non-hydrogen) atoms. The Morgan fingerprint density at radius 3 is 1.00 bits per heavy atom. The molecule has 0 aliphatic carbocycles. The molecule has 0 aliphatic rings. The van der Waals surface area contributed by atoms with Crippen molar-refractivity contribution in [2.24, 2.45) is 0 Å². The van der Waals surface area contributed by atoms with Gasteiger partial charge in [0.15, 0.2) is 0 Å². The van der Waals surface area contributed by atoms with Crippen molar-refractivity contribution >= 4 is 5.91 Å². The first kappa shape index (κ1) is 47.3. The molecule has 288 valence electrons. The van der Waals surface area contributed by atoms with Crippen LogP contribution in [0.3, 0.4) is 0 Å². The van der Waals surface area contributed by atoms with E-state index in [9.17, 15) is 25.2 Å². The predicted octanol–water partition coefficient (Wildman–Crippen LogP) is 10.8. The molecule has 0 aromatic heterocycles. The molecule has 0 aromatic carbocycles. The fraction of sp³-hybridized carbons (Fsp3) is 0.976. The van der Waals surface area contributed by atoms with E-state index in [2.05, 4.69) is 19.2 Å². The SMILES string of the molecule is CCCCCCCCCCCCCCCCCCCCCCCCCC(O)C(=O)NC(CO)C(O)C(O)CCCCCCCCCCC. The maximum atomic E-state index is 12.5. The molecule has 4 unspecified atom stereocenters. The van der Waals surface area contributed by atoms with Crippen LogP contribution in [0.15, 0.2) is 0 Å². The summed E-state index contributed by atoms with van der Waals surface area (Å²) in [6.45, 7) is 4.03. The van der Waals surface area contributed by atoms with E-state index in [1.807, 2.05) is 0 Å². The summed E-state index contributed by atoms with van der Waals surface area (Å²) >= 11 is 0. The number of carbonyl (C=O) groups excluding carboxylic acids is 1. The molecule has 0 aromatic rings. The molecular weight excluding hydrogens is 598 g/mol.